The van der Waals surface area contributed by atoms with Crippen molar-refractivity contribution >= 4 is 5.97 Å². The fraction of sp³-hybridized carbons (Fsp3) is 0.286. The second kappa shape index (κ2) is 5.04. The predicted octanol–water partition coefficient (Wildman–Crippen LogP) is 2.21. The Morgan fingerprint density at radius 2 is 2.06 bits per heavy atom. The van der Waals surface area contributed by atoms with Crippen LogP contribution in [0.5, 0.6) is 0 Å². The smallest absolute Gasteiger partial charge is 0.356 e. The molecular weight excluding hydrogens is 228 g/mol. The lowest BCUT2D eigenvalue weighted by Gasteiger charge is -2.07. The number of imidazole rings is 1. The Hall–Kier alpha value is -2.10. The number of carboxylic acid groups (broad SMARTS) is 1. The van der Waals surface area contributed by atoms with Crippen molar-refractivity contribution in [3.05, 3.63) is 53.1 Å². The van der Waals surface area contributed by atoms with Gasteiger partial charge in [0.05, 0.1) is 12.0 Å². The highest BCUT2D eigenvalue weighted by atomic mass is 16.4. The molecule has 1 N–H and O–H groups in total. The molecule has 4 heteroatoms. The van der Waals surface area contributed by atoms with Gasteiger partial charge in [-0.3, -0.25) is 0 Å². The molecule has 0 saturated heterocycles. The van der Waals surface area contributed by atoms with Gasteiger partial charge in [-0.25, -0.2) is 9.78 Å². The number of aryl methyl sites for hydroxylation is 3. The Morgan fingerprint density at radius 1 is 1.33 bits per heavy atom. The molecule has 1 aromatic heterocycles. The van der Waals surface area contributed by atoms with E-state index in [4.69, 9.17) is 5.11 Å². The molecule has 4 nitrogen and oxygen atoms in total. The van der Waals surface area contributed by atoms with Crippen molar-refractivity contribution in [2.45, 2.75) is 19.8 Å². The molecule has 0 aliphatic rings. The summed E-state index contributed by atoms with van der Waals surface area (Å²) in [6.45, 7) is 2.07. The van der Waals surface area contributed by atoms with Gasteiger partial charge in [-0.15, -0.1) is 0 Å². The number of carboxylic acids is 1. The summed E-state index contributed by atoms with van der Waals surface area (Å²) in [6.07, 6.45) is 3.06. The largest absolute Gasteiger partial charge is 0.476 e. The average Bonchev–Trinajstić information content (AvgIpc) is 2.70. The summed E-state index contributed by atoms with van der Waals surface area (Å²) in [5.41, 5.74) is 3.41. The molecule has 18 heavy (non-hydrogen) atoms. The third-order valence-corrected chi connectivity index (χ3v) is 3.15. The number of rotatable bonds is 4. The highest BCUT2D eigenvalue weighted by molar-refractivity contribution is 5.86. The van der Waals surface area contributed by atoms with E-state index >= 15 is 0 Å². The van der Waals surface area contributed by atoms with Gasteiger partial charge in [0.15, 0.2) is 5.69 Å². The highest BCUT2D eigenvalue weighted by Gasteiger charge is 2.15. The van der Waals surface area contributed by atoms with Crippen LogP contribution in [0.1, 0.15) is 27.3 Å². The van der Waals surface area contributed by atoms with Gasteiger partial charge in [0.2, 0.25) is 0 Å². The van der Waals surface area contributed by atoms with Crippen LogP contribution in [0.4, 0.5) is 0 Å². The number of nitrogens with zero attached hydrogens (tertiary/aromatic N) is 2. The van der Waals surface area contributed by atoms with Gasteiger partial charge in [0.25, 0.3) is 0 Å². The molecule has 2 aromatic rings. The zero-order chi connectivity index (χ0) is 13.1. The lowest BCUT2D eigenvalue weighted by atomic mass is 10.0. The first-order chi connectivity index (χ1) is 8.59. The van der Waals surface area contributed by atoms with Crippen LogP contribution in [0.15, 0.2) is 30.6 Å². The van der Waals surface area contributed by atoms with Crippen LogP contribution in [0.25, 0.3) is 0 Å². The molecule has 0 fully saturated rings. The monoisotopic (exact) mass is 244 g/mol. The zero-order valence-electron chi connectivity index (χ0n) is 10.6. The van der Waals surface area contributed by atoms with Gasteiger partial charge < -0.3 is 9.67 Å². The summed E-state index contributed by atoms with van der Waals surface area (Å²) in [7, 11) is 1.83. The van der Waals surface area contributed by atoms with Crippen LogP contribution in [-0.4, -0.2) is 20.6 Å². The first-order valence-electron chi connectivity index (χ1n) is 5.87. The van der Waals surface area contributed by atoms with Crippen LogP contribution >= 0.6 is 0 Å². The molecule has 0 atom stereocenters. The van der Waals surface area contributed by atoms with E-state index in [-0.39, 0.29) is 5.69 Å². The van der Waals surface area contributed by atoms with Gasteiger partial charge in [-0.05, 0) is 30.9 Å². The van der Waals surface area contributed by atoms with Gasteiger partial charge in [-0.2, -0.15) is 0 Å². The Balaban J connectivity index is 2.18. The van der Waals surface area contributed by atoms with Crippen molar-refractivity contribution in [2.24, 2.45) is 7.05 Å². The molecule has 0 aliphatic heterocycles. The number of aromatic carboxylic acids is 1. The Bertz CT molecular complexity index is 573. The summed E-state index contributed by atoms with van der Waals surface area (Å²) >= 11 is 0. The Labute approximate surface area is 106 Å². The SMILES string of the molecule is Cc1ccccc1CCc1c(C(=O)O)ncn1C. The molecule has 0 saturated carbocycles. The fourth-order valence-electron chi connectivity index (χ4n) is 2.07. The summed E-state index contributed by atoms with van der Waals surface area (Å²) in [4.78, 5) is 15.0. The van der Waals surface area contributed by atoms with Crippen molar-refractivity contribution < 1.29 is 9.90 Å². The number of hydrogen-bond acceptors (Lipinski definition) is 2. The summed E-state index contributed by atoms with van der Waals surface area (Å²) < 4.78 is 1.78. The highest BCUT2D eigenvalue weighted by Crippen LogP contribution is 2.13. The molecule has 0 radical (unpaired) electrons. The van der Waals surface area contributed by atoms with Crippen LogP contribution in [0, 0.1) is 6.92 Å². The average molecular weight is 244 g/mol. The van der Waals surface area contributed by atoms with Crippen molar-refractivity contribution in [1.82, 2.24) is 9.55 Å². The molecular formula is C14H16N2O2. The second-order valence-corrected chi connectivity index (χ2v) is 4.38. The maximum Gasteiger partial charge on any atom is 0.356 e. The van der Waals surface area contributed by atoms with E-state index in [1.165, 1.54) is 11.1 Å². The van der Waals surface area contributed by atoms with Crippen molar-refractivity contribution in [1.29, 1.82) is 0 Å². The minimum Gasteiger partial charge on any atom is -0.476 e. The first kappa shape index (κ1) is 12.4. The quantitative estimate of drug-likeness (QED) is 0.897. The number of carbonyl (C=O) groups is 1. The molecule has 2 rings (SSSR count). The molecule has 1 aromatic carbocycles. The molecule has 0 spiro atoms. The van der Waals surface area contributed by atoms with E-state index in [0.717, 1.165) is 12.1 Å². The maximum atomic E-state index is 11.0. The minimum absolute atomic E-state index is 0.158. The summed E-state index contributed by atoms with van der Waals surface area (Å²) in [5.74, 6) is -0.963. The molecule has 94 valence electrons. The third-order valence-electron chi connectivity index (χ3n) is 3.15. The topological polar surface area (TPSA) is 55.1 Å². The molecule has 0 aliphatic carbocycles. The first-order valence-corrected chi connectivity index (χ1v) is 5.87. The van der Waals surface area contributed by atoms with Crippen molar-refractivity contribution in [3.63, 3.8) is 0 Å². The number of hydrogen-bond donors (Lipinski definition) is 1. The van der Waals surface area contributed by atoms with Crippen molar-refractivity contribution in [2.75, 3.05) is 0 Å². The Morgan fingerprint density at radius 3 is 2.72 bits per heavy atom. The predicted molar refractivity (Wildman–Crippen MR) is 68.8 cm³/mol. The lowest BCUT2D eigenvalue weighted by molar-refractivity contribution is 0.0689. The second-order valence-electron chi connectivity index (χ2n) is 4.38. The van der Waals surface area contributed by atoms with E-state index < -0.39 is 5.97 Å². The minimum atomic E-state index is -0.963. The van der Waals surface area contributed by atoms with E-state index in [0.29, 0.717) is 6.42 Å². The molecule has 0 bridgehead atoms. The van der Waals surface area contributed by atoms with Crippen LogP contribution in [0.3, 0.4) is 0 Å². The van der Waals surface area contributed by atoms with Crippen LogP contribution in [0.2, 0.25) is 0 Å². The summed E-state index contributed by atoms with van der Waals surface area (Å²) in [5, 5.41) is 9.05. The van der Waals surface area contributed by atoms with E-state index in [1.54, 1.807) is 10.9 Å². The van der Waals surface area contributed by atoms with Gasteiger partial charge >= 0.3 is 5.97 Å². The Kier molecular flexibility index (Phi) is 3.46. The fourth-order valence-corrected chi connectivity index (χ4v) is 2.07. The molecule has 1 heterocycles. The van der Waals surface area contributed by atoms with Gasteiger partial charge in [0, 0.05) is 7.05 Å². The van der Waals surface area contributed by atoms with Crippen LogP contribution in [-0.2, 0) is 19.9 Å². The third kappa shape index (κ3) is 2.42. The molecule has 0 unspecified atom stereocenters. The van der Waals surface area contributed by atoms with Crippen LogP contribution < -0.4 is 0 Å². The van der Waals surface area contributed by atoms with E-state index in [2.05, 4.69) is 24.0 Å². The number of benzene rings is 1. The normalized spacial score (nSPS) is 10.6. The standard InChI is InChI=1S/C14H16N2O2/c1-10-5-3-4-6-11(10)7-8-12-13(14(17)18)15-9-16(12)2/h3-6,9H,7-8H2,1-2H3,(H,17,18). The van der Waals surface area contributed by atoms with E-state index in [9.17, 15) is 4.79 Å². The lowest BCUT2D eigenvalue weighted by Crippen LogP contribution is -2.07. The van der Waals surface area contributed by atoms with Gasteiger partial charge in [-0.1, -0.05) is 24.3 Å². The van der Waals surface area contributed by atoms with E-state index in [1.807, 2.05) is 19.2 Å². The number of aromatic nitrogens is 2. The maximum absolute atomic E-state index is 11.0. The van der Waals surface area contributed by atoms with Gasteiger partial charge in [0.1, 0.15) is 0 Å². The zero-order valence-corrected chi connectivity index (χ0v) is 10.6. The summed E-state index contributed by atoms with van der Waals surface area (Å²) in [6, 6.07) is 8.15. The van der Waals surface area contributed by atoms with Crippen molar-refractivity contribution in [3.8, 4) is 0 Å². The molecule has 0 amide bonds.